The number of rotatable bonds is 4. The van der Waals surface area contributed by atoms with E-state index in [-0.39, 0.29) is 18.4 Å². The van der Waals surface area contributed by atoms with Crippen molar-refractivity contribution in [3.8, 4) is 0 Å². The van der Waals surface area contributed by atoms with Crippen LogP contribution in [0.4, 0.5) is 0 Å². The highest BCUT2D eigenvalue weighted by atomic mass is 32.2. The molecular weight excluding hydrogens is 242 g/mol. The van der Waals surface area contributed by atoms with E-state index < -0.39 is 6.10 Å². The maximum absolute atomic E-state index is 12.0. The third kappa shape index (κ3) is 3.06. The molecule has 16 heavy (non-hydrogen) atoms. The Morgan fingerprint density at radius 2 is 2.44 bits per heavy atom. The zero-order valence-electron chi connectivity index (χ0n) is 9.55. The van der Waals surface area contributed by atoms with Crippen LogP contribution >= 0.6 is 24.0 Å². The molecule has 0 aliphatic carbocycles. The number of hydrogen-bond acceptors (Lipinski definition) is 4. The lowest BCUT2D eigenvalue weighted by molar-refractivity contribution is -0.130. The van der Waals surface area contributed by atoms with Crippen molar-refractivity contribution in [1.82, 2.24) is 4.90 Å². The van der Waals surface area contributed by atoms with Gasteiger partial charge in [-0.2, -0.15) is 0 Å². The van der Waals surface area contributed by atoms with Crippen molar-refractivity contribution in [3.05, 3.63) is 12.7 Å². The van der Waals surface area contributed by atoms with Crippen molar-refractivity contribution >= 4 is 34.2 Å². The molecule has 0 aromatic rings. The molecule has 1 heterocycles. The summed E-state index contributed by atoms with van der Waals surface area (Å²) in [4.78, 5) is 13.6. The number of hydrogen-bond donors (Lipinski definition) is 1. The highest BCUT2D eigenvalue weighted by Crippen LogP contribution is 2.29. The minimum Gasteiger partial charge on any atom is -0.389 e. The van der Waals surface area contributed by atoms with Gasteiger partial charge >= 0.3 is 0 Å². The summed E-state index contributed by atoms with van der Waals surface area (Å²) in [6.45, 7) is 7.60. The van der Waals surface area contributed by atoms with Gasteiger partial charge in [0.25, 0.3) is 0 Å². The monoisotopic (exact) mass is 259 g/mol. The Hall–Kier alpha value is -0.390. The van der Waals surface area contributed by atoms with Crippen LogP contribution in [0.25, 0.3) is 0 Å². The summed E-state index contributed by atoms with van der Waals surface area (Å²) in [5.41, 5.74) is 0. The summed E-state index contributed by atoms with van der Waals surface area (Å²) in [6, 6.07) is 0.155. The van der Waals surface area contributed by atoms with E-state index in [0.29, 0.717) is 10.2 Å². The number of thiocarbonyl (C=S) groups is 1. The van der Waals surface area contributed by atoms with Gasteiger partial charge in [-0.05, 0) is 5.92 Å². The molecule has 0 aromatic heterocycles. The molecule has 0 aromatic carbocycles. The Balaban J connectivity index is 2.71. The highest BCUT2D eigenvalue weighted by molar-refractivity contribution is 8.23. The van der Waals surface area contributed by atoms with Crippen LogP contribution in [0.15, 0.2) is 12.7 Å². The van der Waals surface area contributed by atoms with Crippen molar-refractivity contribution in [2.45, 2.75) is 32.4 Å². The molecule has 3 nitrogen and oxygen atoms in total. The molecule has 0 radical (unpaired) electrons. The van der Waals surface area contributed by atoms with Gasteiger partial charge in [0.05, 0.1) is 12.5 Å². The normalized spacial score (nSPS) is 22.6. The van der Waals surface area contributed by atoms with E-state index in [1.165, 1.54) is 17.8 Å². The third-order valence-electron chi connectivity index (χ3n) is 2.60. The van der Waals surface area contributed by atoms with E-state index in [0.717, 1.165) is 5.75 Å². The van der Waals surface area contributed by atoms with Crippen molar-refractivity contribution in [2.24, 2.45) is 5.92 Å². The Bertz CT molecular complexity index is 304. The first-order valence-corrected chi connectivity index (χ1v) is 6.66. The van der Waals surface area contributed by atoms with Gasteiger partial charge in [0.2, 0.25) is 5.91 Å². The summed E-state index contributed by atoms with van der Waals surface area (Å²) < 4.78 is 0.625. The van der Waals surface area contributed by atoms with E-state index in [9.17, 15) is 9.90 Å². The number of carbonyl (C=O) groups is 1. The molecule has 0 spiro atoms. The summed E-state index contributed by atoms with van der Waals surface area (Å²) in [7, 11) is 0. The summed E-state index contributed by atoms with van der Waals surface area (Å²) >= 11 is 6.70. The van der Waals surface area contributed by atoms with Gasteiger partial charge in [0, 0.05) is 11.8 Å². The zero-order valence-corrected chi connectivity index (χ0v) is 11.2. The lowest BCUT2D eigenvalue weighted by atomic mass is 10.0. The first-order chi connectivity index (χ1) is 7.47. The first-order valence-electron chi connectivity index (χ1n) is 5.26. The number of aliphatic hydroxyl groups excluding tert-OH is 1. The van der Waals surface area contributed by atoms with E-state index in [1.807, 2.05) is 0 Å². The molecule has 1 aliphatic rings. The number of thioether (sulfide) groups is 1. The number of amides is 1. The van der Waals surface area contributed by atoms with Crippen LogP contribution in [0.5, 0.6) is 0 Å². The van der Waals surface area contributed by atoms with Crippen LogP contribution in [-0.2, 0) is 4.79 Å². The van der Waals surface area contributed by atoms with Crippen molar-refractivity contribution in [2.75, 3.05) is 5.75 Å². The smallest absolute Gasteiger partial charge is 0.231 e. The Morgan fingerprint density at radius 1 is 1.81 bits per heavy atom. The summed E-state index contributed by atoms with van der Waals surface area (Å²) in [5.74, 6) is 1.12. The molecule has 2 atom stereocenters. The molecule has 5 heteroatoms. The quantitative estimate of drug-likeness (QED) is 0.617. The van der Waals surface area contributed by atoms with Gasteiger partial charge in [-0.25, -0.2) is 0 Å². The van der Waals surface area contributed by atoms with E-state index in [4.69, 9.17) is 12.2 Å². The molecule has 0 saturated carbocycles. The lowest BCUT2D eigenvalue weighted by Gasteiger charge is -2.26. The first kappa shape index (κ1) is 13.7. The molecular formula is C11H17NO2S2. The standard InChI is InChI=1S/C11H17NO2S2/c1-4-8(13)5-10(14)12-9(7(2)3)6-16-11(12)15/h4,7-9,13H,1,5-6H2,2-3H3/t8-,9+/m0/s1. The Labute approximate surface area is 106 Å². The number of nitrogens with zero attached hydrogens (tertiary/aromatic N) is 1. The van der Waals surface area contributed by atoms with Crippen LogP contribution in [-0.4, -0.2) is 38.1 Å². The fourth-order valence-electron chi connectivity index (χ4n) is 1.57. The van der Waals surface area contributed by atoms with Gasteiger partial charge in [-0.1, -0.05) is 43.9 Å². The summed E-state index contributed by atoms with van der Waals surface area (Å²) in [5, 5.41) is 9.38. The molecule has 1 saturated heterocycles. The molecule has 0 unspecified atom stereocenters. The van der Waals surface area contributed by atoms with Crippen molar-refractivity contribution < 1.29 is 9.90 Å². The van der Waals surface area contributed by atoms with Gasteiger partial charge in [-0.3, -0.25) is 9.69 Å². The molecule has 0 bridgehead atoms. The number of aliphatic hydroxyl groups is 1. The van der Waals surface area contributed by atoms with E-state index in [2.05, 4.69) is 20.4 Å². The average molecular weight is 259 g/mol. The second kappa shape index (κ2) is 5.80. The maximum atomic E-state index is 12.0. The van der Waals surface area contributed by atoms with E-state index in [1.54, 1.807) is 4.90 Å². The molecule has 1 aliphatic heterocycles. The van der Waals surface area contributed by atoms with Crippen molar-refractivity contribution in [3.63, 3.8) is 0 Å². The Kier molecular flexibility index (Phi) is 4.95. The SMILES string of the molecule is C=C[C@H](O)CC(=O)N1C(=S)SC[C@@H]1C(C)C. The van der Waals surface area contributed by atoms with Gasteiger partial charge in [0.15, 0.2) is 0 Å². The van der Waals surface area contributed by atoms with Crippen LogP contribution in [0.2, 0.25) is 0 Å². The second-order valence-electron chi connectivity index (χ2n) is 4.16. The van der Waals surface area contributed by atoms with Gasteiger partial charge < -0.3 is 5.11 Å². The zero-order chi connectivity index (χ0) is 12.3. The van der Waals surface area contributed by atoms with Crippen LogP contribution in [0.3, 0.4) is 0 Å². The molecule has 1 fully saturated rings. The second-order valence-corrected chi connectivity index (χ2v) is 5.81. The topological polar surface area (TPSA) is 40.5 Å². The fraction of sp³-hybridized carbons (Fsp3) is 0.636. The molecule has 1 rings (SSSR count). The average Bonchev–Trinajstić information content (AvgIpc) is 2.59. The van der Waals surface area contributed by atoms with Crippen LogP contribution in [0, 0.1) is 5.92 Å². The highest BCUT2D eigenvalue weighted by Gasteiger charge is 2.35. The predicted octanol–water partition coefficient (Wildman–Crippen LogP) is 1.81. The largest absolute Gasteiger partial charge is 0.389 e. The van der Waals surface area contributed by atoms with Crippen molar-refractivity contribution in [1.29, 1.82) is 0 Å². The fourth-order valence-corrected chi connectivity index (χ4v) is 3.24. The molecule has 90 valence electrons. The van der Waals surface area contributed by atoms with Gasteiger partial charge in [-0.15, -0.1) is 6.58 Å². The predicted molar refractivity (Wildman–Crippen MR) is 71.3 cm³/mol. The summed E-state index contributed by atoms with van der Waals surface area (Å²) in [6.07, 6.45) is 0.649. The van der Waals surface area contributed by atoms with Gasteiger partial charge in [0.1, 0.15) is 4.32 Å². The van der Waals surface area contributed by atoms with Crippen LogP contribution in [0.1, 0.15) is 20.3 Å². The minimum absolute atomic E-state index is 0.0629. The lowest BCUT2D eigenvalue weighted by Crippen LogP contribution is -2.42. The molecule has 1 N–H and O–H groups in total. The third-order valence-corrected chi connectivity index (χ3v) is 4.10. The number of carbonyl (C=O) groups excluding carboxylic acids is 1. The van der Waals surface area contributed by atoms with Crippen LogP contribution < -0.4 is 0 Å². The molecule has 1 amide bonds. The van der Waals surface area contributed by atoms with E-state index >= 15 is 0 Å². The Morgan fingerprint density at radius 3 is 2.94 bits per heavy atom. The minimum atomic E-state index is -0.784. The maximum Gasteiger partial charge on any atom is 0.231 e.